The Morgan fingerprint density at radius 1 is 1.15 bits per heavy atom. The first-order valence-corrected chi connectivity index (χ1v) is 9.91. The molecule has 2 aromatic rings. The second-order valence-electron chi connectivity index (χ2n) is 6.61. The van der Waals surface area contributed by atoms with E-state index in [9.17, 15) is 9.59 Å². The summed E-state index contributed by atoms with van der Waals surface area (Å²) in [6, 6.07) is 7.25. The zero-order valence-corrected chi connectivity index (χ0v) is 15.9. The van der Waals surface area contributed by atoms with E-state index in [1.807, 2.05) is 12.1 Å². The Morgan fingerprint density at radius 2 is 1.93 bits per heavy atom. The maximum Gasteiger partial charge on any atom is 0.341 e. The molecular weight excluding hydrogens is 366 g/mol. The number of hydrogen-bond donors (Lipinski definition) is 1. The van der Waals surface area contributed by atoms with Gasteiger partial charge in [-0.3, -0.25) is 4.79 Å². The summed E-state index contributed by atoms with van der Waals surface area (Å²) < 4.78 is 16.4. The average molecular weight is 387 g/mol. The molecule has 1 atom stereocenters. The summed E-state index contributed by atoms with van der Waals surface area (Å²) in [5.74, 6) is 0.431. The van der Waals surface area contributed by atoms with Crippen molar-refractivity contribution in [1.29, 1.82) is 0 Å². The Bertz CT molecular complexity index is 875. The van der Waals surface area contributed by atoms with Crippen molar-refractivity contribution in [3.05, 3.63) is 40.3 Å². The second-order valence-corrected chi connectivity index (χ2v) is 7.72. The van der Waals surface area contributed by atoms with Gasteiger partial charge in [-0.05, 0) is 43.4 Å². The number of hydrogen-bond acceptors (Lipinski definition) is 6. The first kappa shape index (κ1) is 17.9. The van der Waals surface area contributed by atoms with Crippen LogP contribution in [0.4, 0.5) is 5.00 Å². The Labute approximate surface area is 161 Å². The molecule has 1 unspecified atom stereocenters. The number of esters is 1. The van der Waals surface area contributed by atoms with Gasteiger partial charge in [0.05, 0.1) is 12.7 Å². The van der Waals surface area contributed by atoms with E-state index in [1.54, 1.807) is 12.1 Å². The van der Waals surface area contributed by atoms with Gasteiger partial charge in [-0.1, -0.05) is 18.6 Å². The van der Waals surface area contributed by atoms with Crippen molar-refractivity contribution in [3.63, 3.8) is 0 Å². The zero-order valence-electron chi connectivity index (χ0n) is 15.1. The Morgan fingerprint density at radius 3 is 2.74 bits per heavy atom. The van der Waals surface area contributed by atoms with Gasteiger partial charge in [-0.25, -0.2) is 4.79 Å². The van der Waals surface area contributed by atoms with Crippen LogP contribution in [0.5, 0.6) is 11.5 Å². The molecule has 1 aliphatic heterocycles. The number of thiophene rings is 1. The topological polar surface area (TPSA) is 73.9 Å². The molecule has 1 aromatic heterocycles. The standard InChI is InChI=1S/C20H21NO5S/c1-24-20(23)17-12-7-3-2-4-10-16(12)27-19(17)21-18(22)15-11-25-13-8-5-6-9-14(13)26-15/h5-6,8-9,15H,2-4,7,10-11H2,1H3,(H,21,22). The quantitative estimate of drug-likeness (QED) is 0.644. The van der Waals surface area contributed by atoms with Crippen LogP contribution in [0.1, 0.15) is 40.1 Å². The highest BCUT2D eigenvalue weighted by Crippen LogP contribution is 2.38. The molecule has 1 N–H and O–H groups in total. The summed E-state index contributed by atoms with van der Waals surface area (Å²) in [6.45, 7) is 0.126. The zero-order chi connectivity index (χ0) is 18.8. The van der Waals surface area contributed by atoms with Crippen LogP contribution in [0.25, 0.3) is 0 Å². The number of benzene rings is 1. The summed E-state index contributed by atoms with van der Waals surface area (Å²) in [6.07, 6.45) is 4.28. The van der Waals surface area contributed by atoms with Crippen molar-refractivity contribution < 1.29 is 23.8 Å². The van der Waals surface area contributed by atoms with Crippen LogP contribution in [-0.2, 0) is 22.4 Å². The number of ether oxygens (including phenoxy) is 3. The van der Waals surface area contributed by atoms with Crippen molar-refractivity contribution in [2.24, 2.45) is 0 Å². The highest BCUT2D eigenvalue weighted by Gasteiger charge is 2.31. The Balaban J connectivity index is 1.57. The number of rotatable bonds is 3. The molecule has 0 saturated heterocycles. The summed E-state index contributed by atoms with van der Waals surface area (Å²) >= 11 is 1.47. The third-order valence-electron chi connectivity index (χ3n) is 4.85. The van der Waals surface area contributed by atoms with E-state index in [-0.39, 0.29) is 12.5 Å². The number of methoxy groups -OCH3 is 1. The molecule has 0 spiro atoms. The molecule has 2 heterocycles. The van der Waals surface area contributed by atoms with Gasteiger partial charge in [0.1, 0.15) is 11.6 Å². The summed E-state index contributed by atoms with van der Waals surface area (Å²) in [5.41, 5.74) is 1.51. The van der Waals surface area contributed by atoms with Crippen LogP contribution in [-0.4, -0.2) is 31.7 Å². The molecule has 1 aliphatic carbocycles. The lowest BCUT2D eigenvalue weighted by Gasteiger charge is -2.25. The lowest BCUT2D eigenvalue weighted by Crippen LogP contribution is -2.40. The highest BCUT2D eigenvalue weighted by molar-refractivity contribution is 7.17. The molecule has 0 bridgehead atoms. The van der Waals surface area contributed by atoms with Gasteiger partial charge in [-0.15, -0.1) is 11.3 Å². The van der Waals surface area contributed by atoms with Gasteiger partial charge in [-0.2, -0.15) is 0 Å². The average Bonchev–Trinajstić information content (AvgIpc) is 2.87. The minimum atomic E-state index is -0.771. The molecule has 27 heavy (non-hydrogen) atoms. The van der Waals surface area contributed by atoms with Crippen LogP contribution in [0.2, 0.25) is 0 Å². The minimum absolute atomic E-state index is 0.126. The molecule has 7 heteroatoms. The molecule has 0 fully saturated rings. The number of nitrogens with one attached hydrogen (secondary N) is 1. The van der Waals surface area contributed by atoms with Crippen LogP contribution >= 0.6 is 11.3 Å². The van der Waals surface area contributed by atoms with Crippen molar-refractivity contribution in [1.82, 2.24) is 0 Å². The number of amides is 1. The normalized spacial score (nSPS) is 18.2. The fraction of sp³-hybridized carbons (Fsp3) is 0.400. The molecule has 0 radical (unpaired) electrons. The Hall–Kier alpha value is -2.54. The maximum absolute atomic E-state index is 12.8. The van der Waals surface area contributed by atoms with E-state index in [1.165, 1.54) is 18.4 Å². The third-order valence-corrected chi connectivity index (χ3v) is 6.06. The number of carbonyl (C=O) groups is 2. The van der Waals surface area contributed by atoms with Crippen molar-refractivity contribution >= 4 is 28.2 Å². The minimum Gasteiger partial charge on any atom is -0.485 e. The molecule has 1 aromatic carbocycles. The predicted octanol–water partition coefficient (Wildman–Crippen LogP) is 3.58. The van der Waals surface area contributed by atoms with E-state index in [0.717, 1.165) is 42.5 Å². The van der Waals surface area contributed by atoms with Gasteiger partial charge in [0.25, 0.3) is 5.91 Å². The Kier molecular flexibility index (Phi) is 5.03. The monoisotopic (exact) mass is 387 g/mol. The van der Waals surface area contributed by atoms with Crippen LogP contribution < -0.4 is 14.8 Å². The van der Waals surface area contributed by atoms with E-state index >= 15 is 0 Å². The van der Waals surface area contributed by atoms with E-state index < -0.39 is 12.1 Å². The molecule has 0 saturated carbocycles. The number of carbonyl (C=O) groups excluding carboxylic acids is 2. The number of fused-ring (bicyclic) bond motifs is 2. The molecule has 4 rings (SSSR count). The van der Waals surface area contributed by atoms with E-state index in [0.29, 0.717) is 22.1 Å². The van der Waals surface area contributed by atoms with Crippen molar-refractivity contribution in [3.8, 4) is 11.5 Å². The van der Waals surface area contributed by atoms with Crippen LogP contribution in [0.15, 0.2) is 24.3 Å². The fourth-order valence-corrected chi connectivity index (χ4v) is 4.77. The highest BCUT2D eigenvalue weighted by atomic mass is 32.1. The van der Waals surface area contributed by atoms with Gasteiger partial charge in [0.2, 0.25) is 6.10 Å². The van der Waals surface area contributed by atoms with Crippen molar-refractivity contribution in [2.45, 2.75) is 38.2 Å². The van der Waals surface area contributed by atoms with Crippen molar-refractivity contribution in [2.75, 3.05) is 19.0 Å². The maximum atomic E-state index is 12.8. The lowest BCUT2D eigenvalue weighted by molar-refractivity contribution is -0.125. The molecule has 142 valence electrons. The largest absolute Gasteiger partial charge is 0.485 e. The molecule has 2 aliphatic rings. The smallest absolute Gasteiger partial charge is 0.341 e. The second kappa shape index (κ2) is 7.60. The van der Waals surface area contributed by atoms with Gasteiger partial charge in [0, 0.05) is 4.88 Å². The summed E-state index contributed by atoms with van der Waals surface area (Å²) in [5, 5.41) is 3.42. The first-order chi connectivity index (χ1) is 13.2. The number of para-hydroxylation sites is 2. The summed E-state index contributed by atoms with van der Waals surface area (Å²) in [4.78, 5) is 26.3. The summed E-state index contributed by atoms with van der Waals surface area (Å²) in [7, 11) is 1.36. The van der Waals surface area contributed by atoms with E-state index in [4.69, 9.17) is 14.2 Å². The molecule has 6 nitrogen and oxygen atoms in total. The SMILES string of the molecule is COC(=O)c1c(NC(=O)C2COc3ccccc3O2)sc2c1CCCCC2. The molecule has 1 amide bonds. The lowest BCUT2D eigenvalue weighted by atomic mass is 10.1. The van der Waals surface area contributed by atoms with Gasteiger partial charge in [0.15, 0.2) is 11.5 Å². The predicted molar refractivity (Wildman–Crippen MR) is 102 cm³/mol. The first-order valence-electron chi connectivity index (χ1n) is 9.09. The fourth-order valence-electron chi connectivity index (χ4n) is 3.49. The van der Waals surface area contributed by atoms with Crippen LogP contribution in [0.3, 0.4) is 0 Å². The molecular formula is C20H21NO5S. The third kappa shape index (κ3) is 3.51. The number of anilines is 1. The van der Waals surface area contributed by atoms with Gasteiger partial charge < -0.3 is 19.5 Å². The van der Waals surface area contributed by atoms with Crippen LogP contribution in [0, 0.1) is 0 Å². The van der Waals surface area contributed by atoms with Gasteiger partial charge >= 0.3 is 5.97 Å². The number of aryl methyl sites for hydroxylation is 1. The van der Waals surface area contributed by atoms with E-state index in [2.05, 4.69) is 5.32 Å².